The summed E-state index contributed by atoms with van der Waals surface area (Å²) in [7, 11) is 1.66. The topological polar surface area (TPSA) is 50.7 Å². The number of nitrogens with one attached hydrogen (secondary N) is 1. The second-order valence-corrected chi connectivity index (χ2v) is 6.66. The summed E-state index contributed by atoms with van der Waals surface area (Å²) in [6.07, 6.45) is 6.27. The molecular formula is C17H25NO3. The molecule has 0 aromatic heterocycles. The second kappa shape index (κ2) is 5.59. The van der Waals surface area contributed by atoms with E-state index in [2.05, 4.69) is 12.4 Å². The number of rotatable bonds is 3. The van der Waals surface area contributed by atoms with Crippen LogP contribution in [0, 0.1) is 5.41 Å². The first-order valence-corrected chi connectivity index (χ1v) is 7.86. The maximum Gasteiger partial charge on any atom is 0.192 e. The van der Waals surface area contributed by atoms with Crippen LogP contribution in [0.15, 0.2) is 24.3 Å². The van der Waals surface area contributed by atoms with Gasteiger partial charge >= 0.3 is 0 Å². The van der Waals surface area contributed by atoms with Crippen molar-refractivity contribution in [2.45, 2.75) is 57.3 Å². The van der Waals surface area contributed by atoms with E-state index < -0.39 is 5.79 Å². The molecule has 0 spiro atoms. The minimum Gasteiger partial charge on any atom is -0.497 e. The molecule has 1 heterocycles. The van der Waals surface area contributed by atoms with E-state index in [0.29, 0.717) is 6.42 Å². The Morgan fingerprint density at radius 3 is 2.48 bits per heavy atom. The van der Waals surface area contributed by atoms with E-state index in [-0.39, 0.29) is 11.5 Å². The summed E-state index contributed by atoms with van der Waals surface area (Å²) < 4.78 is 5.18. The van der Waals surface area contributed by atoms with Gasteiger partial charge in [0.05, 0.1) is 13.2 Å². The molecule has 2 atom stereocenters. The minimum absolute atomic E-state index is 0.0275. The average molecular weight is 291 g/mol. The van der Waals surface area contributed by atoms with Crippen LogP contribution in [0.4, 0.5) is 0 Å². The molecule has 21 heavy (non-hydrogen) atoms. The lowest BCUT2D eigenvalue weighted by atomic mass is 9.68. The summed E-state index contributed by atoms with van der Waals surface area (Å²) in [5.74, 6) is -0.231. The van der Waals surface area contributed by atoms with Gasteiger partial charge in [-0.2, -0.15) is 5.48 Å². The number of hydrogen-bond donors (Lipinski definition) is 2. The van der Waals surface area contributed by atoms with Gasteiger partial charge in [0, 0.05) is 11.8 Å². The fraction of sp³-hybridized carbons (Fsp3) is 0.647. The molecule has 1 saturated carbocycles. The Morgan fingerprint density at radius 2 is 1.86 bits per heavy atom. The molecule has 2 fully saturated rings. The Hall–Kier alpha value is -1.10. The fourth-order valence-electron chi connectivity index (χ4n) is 3.64. The van der Waals surface area contributed by atoms with Crippen molar-refractivity contribution in [3.8, 4) is 5.75 Å². The molecule has 0 radical (unpaired) electrons. The van der Waals surface area contributed by atoms with Crippen molar-refractivity contribution in [1.82, 2.24) is 5.48 Å². The number of methoxy groups -OCH3 is 1. The van der Waals surface area contributed by atoms with Gasteiger partial charge in [0.2, 0.25) is 0 Å². The Bertz CT molecular complexity index is 481. The van der Waals surface area contributed by atoms with Crippen LogP contribution in [0.25, 0.3) is 0 Å². The maximum atomic E-state index is 11.0. The molecule has 3 rings (SSSR count). The molecule has 1 aromatic rings. The molecule has 1 saturated heterocycles. The van der Waals surface area contributed by atoms with Crippen LogP contribution in [-0.2, 0) is 4.84 Å². The van der Waals surface area contributed by atoms with E-state index in [4.69, 9.17) is 9.57 Å². The van der Waals surface area contributed by atoms with Gasteiger partial charge in [0.15, 0.2) is 5.79 Å². The molecule has 0 unspecified atom stereocenters. The van der Waals surface area contributed by atoms with Crippen molar-refractivity contribution >= 4 is 0 Å². The predicted octanol–water partition coefficient (Wildman–Crippen LogP) is 3.32. The first-order chi connectivity index (χ1) is 10.1. The van der Waals surface area contributed by atoms with E-state index in [1.807, 2.05) is 24.3 Å². The van der Waals surface area contributed by atoms with Crippen molar-refractivity contribution < 1.29 is 14.7 Å². The zero-order valence-electron chi connectivity index (χ0n) is 12.9. The van der Waals surface area contributed by atoms with Gasteiger partial charge < -0.3 is 9.84 Å². The van der Waals surface area contributed by atoms with Crippen LogP contribution < -0.4 is 10.2 Å². The fourth-order valence-corrected chi connectivity index (χ4v) is 3.64. The highest BCUT2D eigenvalue weighted by atomic mass is 16.8. The molecule has 2 aliphatic rings. The Morgan fingerprint density at radius 1 is 1.19 bits per heavy atom. The zero-order valence-corrected chi connectivity index (χ0v) is 12.9. The second-order valence-electron chi connectivity index (χ2n) is 6.66. The first-order valence-electron chi connectivity index (χ1n) is 7.86. The molecule has 116 valence electrons. The molecule has 4 heteroatoms. The zero-order chi connectivity index (χ0) is 14.9. The Kier molecular flexibility index (Phi) is 3.95. The number of aliphatic hydroxyl groups is 1. The van der Waals surface area contributed by atoms with Crippen molar-refractivity contribution in [3.63, 3.8) is 0 Å². The van der Waals surface area contributed by atoms with Crippen molar-refractivity contribution in [3.05, 3.63) is 29.8 Å². The lowest BCUT2D eigenvalue weighted by Gasteiger charge is -2.43. The Labute approximate surface area is 126 Å². The van der Waals surface area contributed by atoms with Crippen LogP contribution in [0.3, 0.4) is 0 Å². The van der Waals surface area contributed by atoms with Crippen LogP contribution >= 0.6 is 0 Å². The predicted molar refractivity (Wildman–Crippen MR) is 80.7 cm³/mol. The monoisotopic (exact) mass is 291 g/mol. The van der Waals surface area contributed by atoms with Gasteiger partial charge in [-0.3, -0.25) is 4.84 Å². The van der Waals surface area contributed by atoms with Gasteiger partial charge in [-0.1, -0.05) is 38.3 Å². The Balaban J connectivity index is 1.74. The quantitative estimate of drug-likeness (QED) is 0.897. The molecule has 4 nitrogen and oxygen atoms in total. The van der Waals surface area contributed by atoms with E-state index in [1.54, 1.807) is 7.11 Å². The summed E-state index contributed by atoms with van der Waals surface area (Å²) in [6.45, 7) is 2.16. The molecule has 1 aromatic carbocycles. The van der Waals surface area contributed by atoms with Gasteiger partial charge in [-0.15, -0.1) is 0 Å². The highest BCUT2D eigenvalue weighted by Gasteiger charge is 2.53. The third-order valence-corrected chi connectivity index (χ3v) is 5.27. The largest absolute Gasteiger partial charge is 0.497 e. The van der Waals surface area contributed by atoms with E-state index in [1.165, 1.54) is 19.3 Å². The first kappa shape index (κ1) is 14.8. The van der Waals surface area contributed by atoms with Gasteiger partial charge in [0.25, 0.3) is 0 Å². The lowest BCUT2D eigenvalue weighted by Crippen LogP contribution is -2.47. The van der Waals surface area contributed by atoms with Crippen molar-refractivity contribution in [2.24, 2.45) is 5.41 Å². The van der Waals surface area contributed by atoms with Crippen LogP contribution in [0.5, 0.6) is 5.75 Å². The highest BCUT2D eigenvalue weighted by molar-refractivity contribution is 5.29. The third kappa shape index (κ3) is 2.68. The standard InChI is InChI=1S/C17H25NO3/c1-16(10-4-3-5-11-16)17(19)12-15(18-21-17)13-6-8-14(20-2)9-7-13/h6-9,15,18-19H,3-5,10-12H2,1-2H3/t15-,17-/m0/s1. The summed E-state index contributed by atoms with van der Waals surface area (Å²) in [5, 5.41) is 11.0. The van der Waals surface area contributed by atoms with Crippen molar-refractivity contribution in [1.29, 1.82) is 0 Å². The number of hydroxylamine groups is 1. The third-order valence-electron chi connectivity index (χ3n) is 5.27. The molecule has 0 bridgehead atoms. The maximum absolute atomic E-state index is 11.0. The van der Waals surface area contributed by atoms with Crippen molar-refractivity contribution in [2.75, 3.05) is 7.11 Å². The highest BCUT2D eigenvalue weighted by Crippen LogP contribution is 2.50. The summed E-state index contributed by atoms with van der Waals surface area (Å²) in [6, 6.07) is 7.96. The molecule has 1 aliphatic heterocycles. The van der Waals surface area contributed by atoms with Crippen LogP contribution in [0.1, 0.15) is 57.1 Å². The van der Waals surface area contributed by atoms with Gasteiger partial charge in [-0.05, 0) is 30.5 Å². The lowest BCUT2D eigenvalue weighted by molar-refractivity contribution is -0.273. The van der Waals surface area contributed by atoms with Gasteiger partial charge in [-0.25, -0.2) is 0 Å². The summed E-state index contributed by atoms with van der Waals surface area (Å²) in [5.41, 5.74) is 4.00. The smallest absolute Gasteiger partial charge is 0.192 e. The number of hydrogen-bond acceptors (Lipinski definition) is 4. The van der Waals surface area contributed by atoms with Crippen LogP contribution in [-0.4, -0.2) is 18.0 Å². The number of benzene rings is 1. The molecular weight excluding hydrogens is 266 g/mol. The summed E-state index contributed by atoms with van der Waals surface area (Å²) in [4.78, 5) is 5.68. The van der Waals surface area contributed by atoms with E-state index in [0.717, 1.165) is 24.2 Å². The van der Waals surface area contributed by atoms with Gasteiger partial charge in [0.1, 0.15) is 5.75 Å². The molecule has 0 amide bonds. The molecule has 1 aliphatic carbocycles. The SMILES string of the molecule is COc1ccc([C@@H]2C[C@@](O)(C3(C)CCCCC3)ON2)cc1. The van der Waals surface area contributed by atoms with E-state index >= 15 is 0 Å². The normalized spacial score (nSPS) is 32.0. The molecule has 2 N–H and O–H groups in total. The minimum atomic E-state index is -1.07. The summed E-state index contributed by atoms with van der Waals surface area (Å²) >= 11 is 0. The van der Waals surface area contributed by atoms with E-state index in [9.17, 15) is 5.11 Å². The average Bonchev–Trinajstić information content (AvgIpc) is 2.92. The van der Waals surface area contributed by atoms with Crippen LogP contribution in [0.2, 0.25) is 0 Å². The number of ether oxygens (including phenoxy) is 1.